The summed E-state index contributed by atoms with van der Waals surface area (Å²) in [5.41, 5.74) is 1.32. The molecule has 0 unspecified atom stereocenters. The molecule has 4 heteroatoms. The molecule has 1 aliphatic rings. The zero-order chi connectivity index (χ0) is 10.7. The number of aliphatic imine (C=N–C) groups is 1. The lowest BCUT2D eigenvalue weighted by Gasteiger charge is -2.05. The van der Waals surface area contributed by atoms with Crippen LogP contribution in [0, 0.1) is 0 Å². The van der Waals surface area contributed by atoms with E-state index in [4.69, 9.17) is 23.2 Å². The van der Waals surface area contributed by atoms with E-state index in [-0.39, 0.29) is 0 Å². The first kappa shape index (κ1) is 11.1. The average molecular weight is 258 g/mol. The summed E-state index contributed by atoms with van der Waals surface area (Å²) in [5, 5.41) is 1.25. The third kappa shape index (κ3) is 2.77. The van der Waals surface area contributed by atoms with Gasteiger partial charge in [0.15, 0.2) is 0 Å². The fourth-order valence-electron chi connectivity index (χ4n) is 1.24. The lowest BCUT2D eigenvalue weighted by atomic mass is 10.3. The van der Waals surface area contributed by atoms with Crippen LogP contribution < -0.4 is 0 Å². The standard InChI is InChI=1S/C11H9Cl2NS/c12-9-2-1-3-10(11(9)13)15-7-8-4-5-14-6-8/h1-3,5-6H,4,7H2. The summed E-state index contributed by atoms with van der Waals surface area (Å²) in [6.45, 7) is 0. The first-order chi connectivity index (χ1) is 7.27. The Bertz CT molecular complexity index is 427. The third-order valence-corrected chi connectivity index (χ3v) is 4.14. The Morgan fingerprint density at radius 3 is 2.93 bits per heavy atom. The molecule has 0 spiro atoms. The minimum atomic E-state index is 0.610. The van der Waals surface area contributed by atoms with Gasteiger partial charge in [-0.05, 0) is 17.7 Å². The minimum absolute atomic E-state index is 0.610. The summed E-state index contributed by atoms with van der Waals surface area (Å²) in [7, 11) is 0. The van der Waals surface area contributed by atoms with Gasteiger partial charge in [-0.1, -0.05) is 29.3 Å². The summed E-state index contributed by atoms with van der Waals surface area (Å²) in [5.74, 6) is 0.917. The van der Waals surface area contributed by atoms with Crippen LogP contribution in [0.3, 0.4) is 0 Å². The highest BCUT2D eigenvalue weighted by atomic mass is 35.5. The summed E-state index contributed by atoms with van der Waals surface area (Å²) in [6.07, 6.45) is 4.77. The van der Waals surface area contributed by atoms with E-state index in [1.54, 1.807) is 17.8 Å². The van der Waals surface area contributed by atoms with Crippen molar-refractivity contribution in [2.45, 2.75) is 11.3 Å². The van der Waals surface area contributed by atoms with Gasteiger partial charge in [-0.3, -0.25) is 4.99 Å². The van der Waals surface area contributed by atoms with Crippen molar-refractivity contribution in [1.82, 2.24) is 0 Å². The minimum Gasteiger partial charge on any atom is -0.269 e. The fraction of sp³-hybridized carbons (Fsp3) is 0.182. The average Bonchev–Trinajstić information content (AvgIpc) is 2.73. The first-order valence-corrected chi connectivity index (χ1v) is 6.28. The van der Waals surface area contributed by atoms with Gasteiger partial charge in [-0.2, -0.15) is 0 Å². The topological polar surface area (TPSA) is 12.4 Å². The molecule has 0 saturated carbocycles. The van der Waals surface area contributed by atoms with E-state index in [0.29, 0.717) is 10.0 Å². The molecular weight excluding hydrogens is 249 g/mol. The van der Waals surface area contributed by atoms with Gasteiger partial charge >= 0.3 is 0 Å². The molecule has 0 N–H and O–H groups in total. The molecule has 15 heavy (non-hydrogen) atoms. The van der Waals surface area contributed by atoms with Gasteiger partial charge in [-0.15, -0.1) is 11.8 Å². The largest absolute Gasteiger partial charge is 0.269 e. The SMILES string of the molecule is Clc1cccc(SCC2=CN=CC2)c1Cl. The van der Waals surface area contributed by atoms with Crippen molar-refractivity contribution in [3.63, 3.8) is 0 Å². The molecule has 0 fully saturated rings. The van der Waals surface area contributed by atoms with Gasteiger partial charge in [0.1, 0.15) is 0 Å². The van der Waals surface area contributed by atoms with Crippen LogP contribution in [0.15, 0.2) is 39.9 Å². The van der Waals surface area contributed by atoms with Crippen molar-refractivity contribution in [2.75, 3.05) is 5.75 Å². The number of nitrogens with zero attached hydrogens (tertiary/aromatic N) is 1. The van der Waals surface area contributed by atoms with Gasteiger partial charge < -0.3 is 0 Å². The van der Waals surface area contributed by atoms with Crippen molar-refractivity contribution in [3.8, 4) is 0 Å². The maximum Gasteiger partial charge on any atom is 0.0728 e. The molecule has 1 nitrogen and oxygen atoms in total. The van der Waals surface area contributed by atoms with E-state index < -0.39 is 0 Å². The van der Waals surface area contributed by atoms with E-state index in [1.807, 2.05) is 24.5 Å². The van der Waals surface area contributed by atoms with Crippen LogP contribution in [0.5, 0.6) is 0 Å². The Morgan fingerprint density at radius 2 is 2.20 bits per heavy atom. The molecular formula is C11H9Cl2NS. The van der Waals surface area contributed by atoms with E-state index >= 15 is 0 Å². The smallest absolute Gasteiger partial charge is 0.0728 e. The van der Waals surface area contributed by atoms with Gasteiger partial charge in [0, 0.05) is 29.5 Å². The molecule has 1 aromatic rings. The zero-order valence-corrected chi connectivity index (χ0v) is 10.2. The predicted octanol–water partition coefficient (Wildman–Crippen LogP) is 4.44. The summed E-state index contributed by atoms with van der Waals surface area (Å²) < 4.78 is 0. The molecule has 0 aromatic heterocycles. The molecule has 0 amide bonds. The van der Waals surface area contributed by atoms with Crippen LogP contribution in [-0.4, -0.2) is 12.0 Å². The molecule has 0 atom stereocenters. The maximum absolute atomic E-state index is 6.08. The molecule has 1 heterocycles. The number of hydrogen-bond acceptors (Lipinski definition) is 2. The molecule has 2 rings (SSSR count). The van der Waals surface area contributed by atoms with Crippen LogP contribution in [0.4, 0.5) is 0 Å². The van der Waals surface area contributed by atoms with Crippen molar-refractivity contribution >= 4 is 41.2 Å². The summed E-state index contributed by atoms with van der Waals surface area (Å²) >= 11 is 13.7. The second-order valence-corrected chi connectivity index (χ2v) is 4.97. The van der Waals surface area contributed by atoms with Crippen LogP contribution in [0.1, 0.15) is 6.42 Å². The highest BCUT2D eigenvalue weighted by Crippen LogP contribution is 2.34. The fourth-order valence-corrected chi connectivity index (χ4v) is 2.71. The van der Waals surface area contributed by atoms with Gasteiger partial charge in [0.2, 0.25) is 0 Å². The second kappa shape index (κ2) is 5.06. The van der Waals surface area contributed by atoms with Crippen LogP contribution in [0.25, 0.3) is 0 Å². The van der Waals surface area contributed by atoms with E-state index in [2.05, 4.69) is 4.99 Å². The Kier molecular flexibility index (Phi) is 3.73. The van der Waals surface area contributed by atoms with Crippen molar-refractivity contribution in [3.05, 3.63) is 40.0 Å². The molecule has 0 aliphatic carbocycles. The first-order valence-electron chi connectivity index (χ1n) is 4.54. The number of hydrogen-bond donors (Lipinski definition) is 0. The molecule has 0 radical (unpaired) electrons. The molecule has 1 aromatic carbocycles. The predicted molar refractivity (Wildman–Crippen MR) is 68.4 cm³/mol. The van der Waals surface area contributed by atoms with Crippen LogP contribution in [-0.2, 0) is 0 Å². The number of halogens is 2. The van der Waals surface area contributed by atoms with Crippen LogP contribution >= 0.6 is 35.0 Å². The number of rotatable bonds is 3. The lowest BCUT2D eigenvalue weighted by Crippen LogP contribution is -1.85. The second-order valence-electron chi connectivity index (χ2n) is 3.16. The Labute approximate surface area is 103 Å². The number of benzene rings is 1. The van der Waals surface area contributed by atoms with Gasteiger partial charge in [0.25, 0.3) is 0 Å². The van der Waals surface area contributed by atoms with Gasteiger partial charge in [0.05, 0.1) is 10.0 Å². The molecule has 1 aliphatic heterocycles. The maximum atomic E-state index is 6.08. The van der Waals surface area contributed by atoms with E-state index in [0.717, 1.165) is 17.1 Å². The highest BCUT2D eigenvalue weighted by Gasteiger charge is 2.07. The molecule has 0 saturated heterocycles. The van der Waals surface area contributed by atoms with Crippen molar-refractivity contribution < 1.29 is 0 Å². The van der Waals surface area contributed by atoms with Crippen molar-refractivity contribution in [2.24, 2.45) is 4.99 Å². The normalized spacial score (nSPS) is 14.4. The molecule has 0 bridgehead atoms. The summed E-state index contributed by atoms with van der Waals surface area (Å²) in [4.78, 5) is 5.08. The van der Waals surface area contributed by atoms with E-state index in [9.17, 15) is 0 Å². The monoisotopic (exact) mass is 257 g/mol. The van der Waals surface area contributed by atoms with Gasteiger partial charge in [-0.25, -0.2) is 0 Å². The molecule has 78 valence electrons. The lowest BCUT2D eigenvalue weighted by molar-refractivity contribution is 1.32. The Balaban J connectivity index is 2.02. The third-order valence-electron chi connectivity index (χ3n) is 2.05. The quantitative estimate of drug-likeness (QED) is 0.730. The van der Waals surface area contributed by atoms with Crippen LogP contribution in [0.2, 0.25) is 10.0 Å². The Morgan fingerprint density at radius 1 is 1.33 bits per heavy atom. The number of thioether (sulfide) groups is 1. The zero-order valence-electron chi connectivity index (χ0n) is 7.91. The summed E-state index contributed by atoms with van der Waals surface area (Å²) in [6, 6.07) is 5.69. The van der Waals surface area contributed by atoms with E-state index in [1.165, 1.54) is 5.57 Å². The van der Waals surface area contributed by atoms with Crippen molar-refractivity contribution in [1.29, 1.82) is 0 Å². The Hall–Kier alpha value is -0.440. The highest BCUT2D eigenvalue weighted by molar-refractivity contribution is 7.99.